The van der Waals surface area contributed by atoms with Crippen LogP contribution in [0.2, 0.25) is 0 Å². The van der Waals surface area contributed by atoms with Crippen LogP contribution in [-0.2, 0) is 43.3 Å². The molecule has 0 spiro atoms. The average molecular weight is 1450 g/mol. The first kappa shape index (κ1) is 66.3. The zero-order chi connectivity index (χ0) is 76.3. The molecule has 4 nitrogen and oxygen atoms in total. The van der Waals surface area contributed by atoms with Gasteiger partial charge in [-0.05, 0) is 260 Å². The van der Waals surface area contributed by atoms with Crippen LogP contribution in [0.1, 0.15) is 224 Å². The molecule has 112 heavy (non-hydrogen) atoms. The summed E-state index contributed by atoms with van der Waals surface area (Å²) in [6, 6.07) is 84.7. The lowest BCUT2D eigenvalue weighted by Crippen LogP contribution is -2.55. The van der Waals surface area contributed by atoms with E-state index in [9.17, 15) is 0 Å². The molecule has 0 N–H and O–H groups in total. The molecule has 0 bridgehead atoms. The third kappa shape index (κ3) is 8.41. The van der Waals surface area contributed by atoms with E-state index in [1.54, 1.807) is 0 Å². The summed E-state index contributed by atoms with van der Waals surface area (Å²) in [6.07, 6.45) is 9.46. The molecule has 0 saturated carbocycles. The molecule has 8 heterocycles. The quantitative estimate of drug-likeness (QED) is 0.157. The molecule has 0 fully saturated rings. The van der Waals surface area contributed by atoms with E-state index in [-0.39, 0.29) is 56.2 Å². The molecule has 550 valence electrons. The molecule has 1 atom stereocenters. The first-order valence-electron chi connectivity index (χ1n) is 42.2. The van der Waals surface area contributed by atoms with Crippen molar-refractivity contribution in [2.75, 3.05) is 0 Å². The molecule has 16 aromatic rings. The van der Waals surface area contributed by atoms with E-state index in [4.69, 9.17) is 0 Å². The van der Waals surface area contributed by atoms with Crippen LogP contribution < -0.4 is 10.9 Å². The highest BCUT2D eigenvalue weighted by molar-refractivity contribution is 6.90. The molecular weight excluding hydrogens is 1350 g/mol. The Kier molecular flexibility index (Phi) is 12.5. The molecule has 5 heteroatoms. The number of para-hydroxylation sites is 2. The zero-order valence-electron chi connectivity index (χ0n) is 68.2. The molecule has 4 aliphatic heterocycles. The maximum atomic E-state index is 2.90. The fourth-order valence-corrected chi connectivity index (χ4v) is 24.3. The highest BCUT2D eigenvalue weighted by atomic mass is 15.1. The molecule has 4 aromatic heterocycles. The van der Waals surface area contributed by atoms with Crippen LogP contribution in [0.3, 0.4) is 0 Å². The van der Waals surface area contributed by atoms with Crippen molar-refractivity contribution < 1.29 is 0 Å². The zero-order valence-corrected chi connectivity index (χ0v) is 68.2. The van der Waals surface area contributed by atoms with E-state index in [1.165, 1.54) is 260 Å². The second-order valence-electron chi connectivity index (χ2n) is 41.3. The first-order valence-corrected chi connectivity index (χ1v) is 42.2. The molecular formula is C107H99BN4. The summed E-state index contributed by atoms with van der Waals surface area (Å²) in [4.78, 5) is 0. The highest BCUT2D eigenvalue weighted by Crippen LogP contribution is 2.60. The number of aromatic nitrogens is 4. The lowest BCUT2D eigenvalue weighted by atomic mass is 9.45. The second-order valence-corrected chi connectivity index (χ2v) is 41.3. The lowest BCUT2D eigenvalue weighted by Gasteiger charge is -2.42. The van der Waals surface area contributed by atoms with Crippen molar-refractivity contribution >= 4 is 94.2 Å². The van der Waals surface area contributed by atoms with Crippen LogP contribution in [0.25, 0.3) is 155 Å². The monoisotopic (exact) mass is 1450 g/mol. The van der Waals surface area contributed by atoms with Crippen molar-refractivity contribution in [2.45, 2.75) is 212 Å². The summed E-state index contributed by atoms with van der Waals surface area (Å²) in [5.74, 6) is 0. The molecule has 12 aromatic carbocycles. The topological polar surface area (TPSA) is 19.7 Å². The van der Waals surface area contributed by atoms with Gasteiger partial charge in [0.05, 0.1) is 50.3 Å². The van der Waals surface area contributed by atoms with Gasteiger partial charge < -0.3 is 18.2 Å². The molecule has 0 amide bonds. The Morgan fingerprint density at radius 1 is 0.268 bits per heavy atom. The molecule has 0 saturated heterocycles. The minimum atomic E-state index is -0.163. The Hall–Kier alpha value is -10.4. The third-order valence-electron chi connectivity index (χ3n) is 31.2. The number of hydrogen-bond donors (Lipinski definition) is 0. The summed E-state index contributed by atoms with van der Waals surface area (Å²) in [5.41, 5.74) is 46.8. The fraction of sp³-hybridized carbons (Fsp3) is 0.308. The maximum Gasteiger partial charge on any atom is 0.333 e. The van der Waals surface area contributed by atoms with Gasteiger partial charge in [0.2, 0.25) is 0 Å². The Morgan fingerprint density at radius 2 is 0.634 bits per heavy atom. The number of benzene rings is 12. The van der Waals surface area contributed by atoms with Gasteiger partial charge in [-0.15, -0.1) is 0 Å². The summed E-state index contributed by atoms with van der Waals surface area (Å²) < 4.78 is 11.2. The van der Waals surface area contributed by atoms with Crippen molar-refractivity contribution in [1.29, 1.82) is 0 Å². The van der Waals surface area contributed by atoms with E-state index in [0.717, 1.165) is 12.8 Å². The minimum absolute atomic E-state index is 0.0439. The first-order chi connectivity index (χ1) is 53.5. The number of hydrogen-bond acceptors (Lipinski definition) is 0. The molecule has 1 unspecified atom stereocenters. The fourth-order valence-electron chi connectivity index (χ4n) is 24.3. The number of rotatable bonds is 4. The summed E-state index contributed by atoms with van der Waals surface area (Å²) in [5, 5.41) is 7.86. The van der Waals surface area contributed by atoms with Gasteiger partial charge in [-0.25, -0.2) is 0 Å². The van der Waals surface area contributed by atoms with E-state index < -0.39 is 0 Å². The van der Waals surface area contributed by atoms with Crippen molar-refractivity contribution in [1.82, 2.24) is 18.2 Å². The average Bonchev–Trinajstić information content (AvgIpc) is 1.48. The smallest absolute Gasteiger partial charge is 0.333 e. The SMILES string of the molecule is CC1(C)CCC(C)(C)c2cc(-c3ccc4c(c3)c3cc(-c5ccc6c(c5)C(C)(C)CCC6(C)C)cc5c3n4-c3cccc4c3B5n3c5c-4cccc5c4c3c3cccc5c3n4C3c4c-5cccc4-n4c5ccc(-c6ccc7c(c6)C(C)(C)CCC7(C)C)cc5c5cc(-c6ccc7c(c6)C(C)(C)CCC7(C)C)cc3c54)ccc21. The summed E-state index contributed by atoms with van der Waals surface area (Å²) in [7, 11) is 0. The van der Waals surface area contributed by atoms with E-state index >= 15 is 0 Å². The Labute approximate surface area is 659 Å². The predicted molar refractivity (Wildman–Crippen MR) is 475 cm³/mol. The largest absolute Gasteiger partial charge is 0.374 e. The molecule has 4 aliphatic carbocycles. The van der Waals surface area contributed by atoms with Gasteiger partial charge in [0.25, 0.3) is 0 Å². The predicted octanol–water partition coefficient (Wildman–Crippen LogP) is 26.9. The Bertz CT molecular complexity index is 6660. The van der Waals surface area contributed by atoms with Crippen LogP contribution in [0.4, 0.5) is 0 Å². The van der Waals surface area contributed by atoms with Gasteiger partial charge >= 0.3 is 6.85 Å². The Morgan fingerprint density at radius 3 is 1.12 bits per heavy atom. The van der Waals surface area contributed by atoms with Gasteiger partial charge in [-0.1, -0.05) is 262 Å². The van der Waals surface area contributed by atoms with Crippen molar-refractivity contribution in [3.05, 3.63) is 262 Å². The third-order valence-corrected chi connectivity index (χ3v) is 31.2. The normalized spacial score (nSPS) is 19.8. The van der Waals surface area contributed by atoms with Gasteiger partial charge in [-0.3, -0.25) is 0 Å². The van der Waals surface area contributed by atoms with Gasteiger partial charge in [0, 0.05) is 65.8 Å². The summed E-state index contributed by atoms with van der Waals surface area (Å²) in [6.45, 7) is 39.3. The van der Waals surface area contributed by atoms with Gasteiger partial charge in [0.1, 0.15) is 0 Å². The number of fused-ring (bicyclic) bond motifs is 23. The summed E-state index contributed by atoms with van der Waals surface area (Å²) >= 11 is 0. The van der Waals surface area contributed by atoms with Crippen molar-refractivity contribution in [3.8, 4) is 78.1 Å². The molecule has 0 radical (unpaired) electrons. The number of nitrogens with zero attached hydrogens (tertiary/aromatic N) is 4. The standard InChI is InChI=1S/C107H99BN4/c1-100(2)41-45-104(9,10)82-54-61(29-35-78(82)100)59-33-39-87-73(49-59)75-51-65(63-31-37-80-84(56-63)106(13,14)47-43-102(80,5)6)53-77-94(75)109(87)89-27-19-21-67-69-23-17-25-71-93(69)111(97(77)91(67)89)98-72-26-18-24-70-68-22-20-28-90-92(68)108(112(95(70)72)99(71)98)86-58-66(64-32-38-81-85(57-64)107(15,16)48-44-103(81,7)8)52-76-74-50-60(34-40-88(74)110(90)96(76)86)62-30-36-79-83(55-62)105(11,12)46-42-101(79,3)4/h17-40,49-58,97H,41-48H2,1-16H3. The van der Waals surface area contributed by atoms with E-state index in [0.29, 0.717) is 0 Å². The Balaban J connectivity index is 0.785. The molecule has 24 rings (SSSR count). The van der Waals surface area contributed by atoms with Crippen LogP contribution in [-0.4, -0.2) is 25.0 Å². The van der Waals surface area contributed by atoms with E-state index in [2.05, 4.69) is 335 Å². The van der Waals surface area contributed by atoms with Gasteiger partial charge in [-0.2, -0.15) is 0 Å². The van der Waals surface area contributed by atoms with Crippen molar-refractivity contribution in [2.24, 2.45) is 0 Å². The maximum absolute atomic E-state index is 2.90. The second kappa shape index (κ2) is 21.1. The minimum Gasteiger partial charge on any atom is -0.374 e. The van der Waals surface area contributed by atoms with E-state index in [1.807, 2.05) is 0 Å². The van der Waals surface area contributed by atoms with Crippen LogP contribution in [0.15, 0.2) is 206 Å². The highest BCUT2D eigenvalue weighted by Gasteiger charge is 2.48. The van der Waals surface area contributed by atoms with Crippen molar-refractivity contribution in [3.63, 3.8) is 0 Å². The van der Waals surface area contributed by atoms with Crippen LogP contribution in [0.5, 0.6) is 0 Å². The lowest BCUT2D eigenvalue weighted by molar-refractivity contribution is 0.332. The molecule has 8 aliphatic rings. The van der Waals surface area contributed by atoms with Gasteiger partial charge in [0.15, 0.2) is 0 Å². The van der Waals surface area contributed by atoms with Crippen LogP contribution >= 0.6 is 0 Å². The van der Waals surface area contributed by atoms with Crippen LogP contribution in [0, 0.1) is 0 Å².